The Morgan fingerprint density at radius 2 is 2.12 bits per heavy atom. The zero-order chi connectivity index (χ0) is 12.6. The third-order valence-electron chi connectivity index (χ3n) is 2.29. The molecule has 94 valence electrons. The summed E-state index contributed by atoms with van der Waals surface area (Å²) in [7, 11) is -6.70. The van der Waals surface area contributed by atoms with Crippen LogP contribution in [0.15, 0.2) is 0 Å². The van der Waals surface area contributed by atoms with Crippen molar-refractivity contribution in [2.75, 3.05) is 23.8 Å². The van der Waals surface area contributed by atoms with E-state index in [4.69, 9.17) is 5.73 Å². The molecule has 0 spiro atoms. The lowest BCUT2D eigenvalue weighted by atomic mass is 10.4. The molecule has 16 heavy (non-hydrogen) atoms. The predicted molar refractivity (Wildman–Crippen MR) is 65.4 cm³/mol. The van der Waals surface area contributed by atoms with Gasteiger partial charge in [0.1, 0.15) is 5.75 Å². The summed E-state index contributed by atoms with van der Waals surface area (Å²) in [5.74, 6) is -0.704. The van der Waals surface area contributed by atoms with Gasteiger partial charge in [-0.15, -0.1) is 0 Å². The van der Waals surface area contributed by atoms with Crippen LogP contribution in [0.25, 0.3) is 0 Å². The van der Waals surface area contributed by atoms with E-state index >= 15 is 0 Å². The second-order valence-electron chi connectivity index (χ2n) is 3.80. The Balaban J connectivity index is 2.88. The Bertz CT molecular complexity index is 482. The molecule has 1 unspecified atom stereocenters. The van der Waals surface area contributed by atoms with Crippen LogP contribution in [0.1, 0.15) is 6.92 Å². The van der Waals surface area contributed by atoms with Crippen LogP contribution in [0.2, 0.25) is 0 Å². The molecule has 0 aromatic rings. The van der Waals surface area contributed by atoms with Gasteiger partial charge in [0.15, 0.2) is 9.84 Å². The molecule has 0 saturated carbocycles. The van der Waals surface area contributed by atoms with Crippen LogP contribution < -0.4 is 5.73 Å². The van der Waals surface area contributed by atoms with Crippen molar-refractivity contribution in [2.45, 2.75) is 13.0 Å². The summed E-state index contributed by atoms with van der Waals surface area (Å²) < 4.78 is 47.3. The highest BCUT2D eigenvalue weighted by Gasteiger charge is 2.35. The van der Waals surface area contributed by atoms with Crippen molar-refractivity contribution in [1.29, 1.82) is 0 Å². The minimum Gasteiger partial charge on any atom is -0.392 e. The lowest BCUT2D eigenvalue weighted by Gasteiger charge is -2.31. The third-order valence-corrected chi connectivity index (χ3v) is 6.35. The number of nitrogens with two attached hydrogens (primary N) is 1. The summed E-state index contributed by atoms with van der Waals surface area (Å²) >= 11 is 4.55. The summed E-state index contributed by atoms with van der Waals surface area (Å²) in [5, 5.41) is 0. The zero-order valence-corrected chi connectivity index (χ0v) is 11.2. The largest absolute Gasteiger partial charge is 0.392 e. The first-order valence-corrected chi connectivity index (χ1v) is 8.46. The van der Waals surface area contributed by atoms with Crippen molar-refractivity contribution in [3.8, 4) is 0 Å². The van der Waals surface area contributed by atoms with Crippen LogP contribution >= 0.6 is 12.2 Å². The molecule has 0 aromatic heterocycles. The highest BCUT2D eigenvalue weighted by Crippen LogP contribution is 2.15. The van der Waals surface area contributed by atoms with Gasteiger partial charge in [0.05, 0.1) is 16.5 Å². The average Bonchev–Trinajstić information content (AvgIpc) is 1.97. The number of nitrogens with zero attached hydrogens (tertiary/aromatic N) is 1. The fourth-order valence-electron chi connectivity index (χ4n) is 1.66. The Morgan fingerprint density at radius 1 is 1.56 bits per heavy atom. The summed E-state index contributed by atoms with van der Waals surface area (Å²) in [5.41, 5.74) is 5.19. The second-order valence-corrected chi connectivity index (χ2v) is 8.47. The van der Waals surface area contributed by atoms with Crippen molar-refractivity contribution in [3.05, 3.63) is 0 Å². The highest BCUT2D eigenvalue weighted by molar-refractivity contribution is 7.93. The Morgan fingerprint density at radius 3 is 2.56 bits per heavy atom. The van der Waals surface area contributed by atoms with Gasteiger partial charge in [0.2, 0.25) is 10.0 Å². The molecule has 2 N–H and O–H groups in total. The van der Waals surface area contributed by atoms with E-state index in [0.717, 1.165) is 4.31 Å². The molecule has 0 aliphatic carbocycles. The normalized spacial score (nSPS) is 26.4. The topological polar surface area (TPSA) is 97.5 Å². The van der Waals surface area contributed by atoms with Gasteiger partial charge in [-0.25, -0.2) is 16.8 Å². The molecule has 1 rings (SSSR count). The van der Waals surface area contributed by atoms with Crippen molar-refractivity contribution in [3.63, 3.8) is 0 Å². The maximum atomic E-state index is 11.8. The molecule has 0 amide bonds. The summed E-state index contributed by atoms with van der Waals surface area (Å²) in [6.07, 6.45) is 0. The van der Waals surface area contributed by atoms with Crippen LogP contribution in [-0.2, 0) is 19.9 Å². The van der Waals surface area contributed by atoms with Gasteiger partial charge in [-0.05, 0) is 6.92 Å². The highest BCUT2D eigenvalue weighted by atomic mass is 32.2. The monoisotopic (exact) mass is 286 g/mol. The van der Waals surface area contributed by atoms with Gasteiger partial charge in [-0.1, -0.05) is 12.2 Å². The van der Waals surface area contributed by atoms with Crippen LogP contribution in [0.4, 0.5) is 0 Å². The van der Waals surface area contributed by atoms with E-state index in [9.17, 15) is 16.8 Å². The molecule has 1 fully saturated rings. The molecule has 0 bridgehead atoms. The molecular formula is C7H14N2O4S3. The summed E-state index contributed by atoms with van der Waals surface area (Å²) in [6.45, 7) is 1.54. The molecular weight excluding hydrogens is 272 g/mol. The van der Waals surface area contributed by atoms with Crippen molar-refractivity contribution < 1.29 is 16.8 Å². The molecule has 9 heteroatoms. The second kappa shape index (κ2) is 4.55. The quantitative estimate of drug-likeness (QED) is 0.649. The van der Waals surface area contributed by atoms with Gasteiger partial charge >= 0.3 is 0 Å². The van der Waals surface area contributed by atoms with E-state index in [1.54, 1.807) is 6.92 Å². The number of hydrogen-bond acceptors (Lipinski definition) is 5. The summed E-state index contributed by atoms with van der Waals surface area (Å²) in [6, 6.07) is -0.557. The maximum absolute atomic E-state index is 11.8. The van der Waals surface area contributed by atoms with Gasteiger partial charge in [0, 0.05) is 12.6 Å². The number of sulfonamides is 1. The third kappa shape index (κ3) is 3.37. The molecule has 1 atom stereocenters. The zero-order valence-electron chi connectivity index (χ0n) is 8.79. The van der Waals surface area contributed by atoms with E-state index < -0.39 is 31.7 Å². The fraction of sp³-hybridized carbons (Fsp3) is 0.857. The molecule has 1 aliphatic rings. The molecule has 1 aliphatic heterocycles. The Hall–Kier alpha value is -0.250. The first-order valence-electron chi connectivity index (χ1n) is 4.62. The van der Waals surface area contributed by atoms with Crippen molar-refractivity contribution >= 4 is 37.1 Å². The molecule has 0 radical (unpaired) electrons. The van der Waals surface area contributed by atoms with E-state index in [2.05, 4.69) is 12.2 Å². The number of hydrogen-bond donors (Lipinski definition) is 1. The molecule has 1 saturated heterocycles. The van der Waals surface area contributed by atoms with Crippen LogP contribution in [0, 0.1) is 0 Å². The van der Waals surface area contributed by atoms with Gasteiger partial charge in [-0.2, -0.15) is 4.31 Å². The van der Waals surface area contributed by atoms with Crippen LogP contribution in [0.5, 0.6) is 0 Å². The van der Waals surface area contributed by atoms with Crippen molar-refractivity contribution in [2.24, 2.45) is 5.73 Å². The van der Waals surface area contributed by atoms with E-state index in [0.29, 0.717) is 0 Å². The smallest absolute Gasteiger partial charge is 0.220 e. The number of thiocarbonyl (C=S) groups is 1. The molecule has 0 aromatic carbocycles. The first kappa shape index (κ1) is 13.8. The first-order chi connectivity index (χ1) is 7.14. The van der Waals surface area contributed by atoms with Crippen LogP contribution in [0.3, 0.4) is 0 Å². The Kier molecular flexibility index (Phi) is 3.93. The van der Waals surface area contributed by atoms with E-state index in [-0.39, 0.29) is 23.0 Å². The maximum Gasteiger partial charge on any atom is 0.220 e. The Labute approximate surface area is 101 Å². The van der Waals surface area contributed by atoms with Crippen molar-refractivity contribution in [1.82, 2.24) is 4.31 Å². The molecule has 1 heterocycles. The van der Waals surface area contributed by atoms with E-state index in [1.165, 1.54) is 0 Å². The van der Waals surface area contributed by atoms with Gasteiger partial charge in [0.25, 0.3) is 0 Å². The van der Waals surface area contributed by atoms with E-state index in [1.807, 2.05) is 0 Å². The fourth-order valence-corrected chi connectivity index (χ4v) is 5.39. The minimum absolute atomic E-state index is 0.0194. The van der Waals surface area contributed by atoms with Crippen LogP contribution in [-0.4, -0.2) is 56.0 Å². The standard InChI is InChI=1S/C7H14N2O4S3/c1-6-4-15(10,11)3-2-9(6)16(12,13)5-7(8)14/h6H,2-5H2,1H3,(H2,8,14). The SMILES string of the molecule is CC1CS(=O)(=O)CCN1S(=O)(=O)CC(N)=S. The van der Waals surface area contributed by atoms with Gasteiger partial charge in [-0.3, -0.25) is 0 Å². The molecule has 6 nitrogen and oxygen atoms in total. The predicted octanol–water partition coefficient (Wildman–Crippen LogP) is -1.28. The summed E-state index contributed by atoms with van der Waals surface area (Å²) in [4.78, 5) is -0.111. The van der Waals surface area contributed by atoms with Gasteiger partial charge < -0.3 is 5.73 Å². The minimum atomic E-state index is -3.58. The lowest BCUT2D eigenvalue weighted by Crippen LogP contribution is -2.51. The lowest BCUT2D eigenvalue weighted by molar-refractivity contribution is 0.358. The number of rotatable bonds is 3. The average molecular weight is 286 g/mol. The number of sulfone groups is 1.